The lowest BCUT2D eigenvalue weighted by Crippen LogP contribution is -2.36. The van der Waals surface area contributed by atoms with Crippen molar-refractivity contribution in [1.29, 1.82) is 0 Å². The van der Waals surface area contributed by atoms with E-state index in [-0.39, 0.29) is 12.5 Å². The number of anilines is 2. The molecule has 1 heterocycles. The van der Waals surface area contributed by atoms with Gasteiger partial charge in [0, 0.05) is 13.0 Å². The molecule has 0 saturated heterocycles. The van der Waals surface area contributed by atoms with Crippen LogP contribution in [0.5, 0.6) is 11.5 Å². The summed E-state index contributed by atoms with van der Waals surface area (Å²) in [5, 5.41) is 6.33. The van der Waals surface area contributed by atoms with E-state index in [0.717, 1.165) is 0 Å². The second-order valence-electron chi connectivity index (χ2n) is 5.86. The highest BCUT2D eigenvalue weighted by Gasteiger charge is 2.20. The first kappa shape index (κ1) is 18.2. The third-order valence-corrected chi connectivity index (χ3v) is 3.70. The topological polar surface area (TPSA) is 84.7 Å². The highest BCUT2D eigenvalue weighted by atomic mass is 16.5. The summed E-state index contributed by atoms with van der Waals surface area (Å²) >= 11 is 0. The Bertz CT molecular complexity index is 937. The predicted octanol–water partition coefficient (Wildman–Crippen LogP) is 3.77. The van der Waals surface area contributed by atoms with E-state index >= 15 is 0 Å². The highest BCUT2D eigenvalue weighted by molar-refractivity contribution is 6.02. The van der Waals surface area contributed by atoms with Crippen molar-refractivity contribution in [3.63, 3.8) is 0 Å². The minimum Gasteiger partial charge on any atom is -0.455 e. The first-order valence-corrected chi connectivity index (χ1v) is 8.36. The molecule has 0 bridgehead atoms. The standard InChI is InChI=1S/C20H19N3O4/c1-14-12-19(22-27-14)21-20(25)13-23(15(2)24)17-10-6-7-11-18(17)26-16-8-4-3-5-9-16/h3-12H,13H2,1-2H3,(H,21,22,25). The van der Waals surface area contributed by atoms with Crippen molar-refractivity contribution in [2.75, 3.05) is 16.8 Å². The number of aryl methyl sites for hydroxylation is 1. The van der Waals surface area contributed by atoms with Crippen LogP contribution in [0.15, 0.2) is 65.2 Å². The fraction of sp³-hybridized carbons (Fsp3) is 0.150. The first-order chi connectivity index (χ1) is 13.0. The number of rotatable bonds is 6. The Hall–Kier alpha value is -3.61. The van der Waals surface area contributed by atoms with Crippen LogP contribution < -0.4 is 15.0 Å². The fourth-order valence-electron chi connectivity index (χ4n) is 2.50. The lowest BCUT2D eigenvalue weighted by Gasteiger charge is -2.23. The van der Waals surface area contributed by atoms with Crippen LogP contribution in [0.2, 0.25) is 0 Å². The number of para-hydroxylation sites is 3. The molecule has 7 heteroatoms. The summed E-state index contributed by atoms with van der Waals surface area (Å²) in [6, 6.07) is 17.9. The number of carbonyl (C=O) groups is 2. The average molecular weight is 365 g/mol. The van der Waals surface area contributed by atoms with Gasteiger partial charge in [-0.25, -0.2) is 0 Å². The molecule has 0 fully saturated rings. The van der Waals surface area contributed by atoms with Gasteiger partial charge in [-0.2, -0.15) is 0 Å². The largest absolute Gasteiger partial charge is 0.455 e. The van der Waals surface area contributed by atoms with Crippen molar-refractivity contribution in [2.24, 2.45) is 0 Å². The zero-order valence-electron chi connectivity index (χ0n) is 15.0. The van der Waals surface area contributed by atoms with Gasteiger partial charge in [-0.15, -0.1) is 0 Å². The van der Waals surface area contributed by atoms with Crippen LogP contribution in [0.4, 0.5) is 11.5 Å². The Morgan fingerprint density at radius 2 is 1.81 bits per heavy atom. The fourth-order valence-corrected chi connectivity index (χ4v) is 2.50. The highest BCUT2D eigenvalue weighted by Crippen LogP contribution is 2.32. The number of hydrogen-bond donors (Lipinski definition) is 1. The zero-order valence-corrected chi connectivity index (χ0v) is 15.0. The van der Waals surface area contributed by atoms with Gasteiger partial charge >= 0.3 is 0 Å². The summed E-state index contributed by atoms with van der Waals surface area (Å²) in [6.45, 7) is 2.94. The lowest BCUT2D eigenvalue weighted by atomic mass is 10.2. The van der Waals surface area contributed by atoms with Gasteiger partial charge in [0.15, 0.2) is 11.6 Å². The summed E-state index contributed by atoms with van der Waals surface area (Å²) in [7, 11) is 0. The van der Waals surface area contributed by atoms with Crippen molar-refractivity contribution < 1.29 is 18.8 Å². The molecule has 7 nitrogen and oxygen atoms in total. The van der Waals surface area contributed by atoms with Gasteiger partial charge in [0.2, 0.25) is 11.8 Å². The van der Waals surface area contributed by atoms with E-state index in [1.807, 2.05) is 30.3 Å². The van der Waals surface area contributed by atoms with E-state index in [2.05, 4.69) is 10.5 Å². The summed E-state index contributed by atoms with van der Waals surface area (Å²) in [5.41, 5.74) is 0.500. The number of carbonyl (C=O) groups excluding carboxylic acids is 2. The molecule has 2 aromatic carbocycles. The molecule has 0 aliphatic carbocycles. The molecule has 3 rings (SSSR count). The molecule has 0 aliphatic rings. The number of nitrogens with zero attached hydrogens (tertiary/aromatic N) is 2. The molecule has 0 aliphatic heterocycles. The smallest absolute Gasteiger partial charge is 0.245 e. The number of aromatic nitrogens is 1. The van der Waals surface area contributed by atoms with E-state index in [1.165, 1.54) is 11.8 Å². The summed E-state index contributed by atoms with van der Waals surface area (Å²) in [4.78, 5) is 25.9. The zero-order chi connectivity index (χ0) is 19.2. The van der Waals surface area contributed by atoms with Crippen LogP contribution in [0.3, 0.4) is 0 Å². The molecule has 2 amide bonds. The second-order valence-corrected chi connectivity index (χ2v) is 5.86. The first-order valence-electron chi connectivity index (χ1n) is 8.36. The van der Waals surface area contributed by atoms with E-state index in [9.17, 15) is 9.59 Å². The third-order valence-electron chi connectivity index (χ3n) is 3.70. The minimum absolute atomic E-state index is 0.184. The van der Waals surface area contributed by atoms with Crippen molar-refractivity contribution in [3.8, 4) is 11.5 Å². The maximum atomic E-state index is 12.4. The minimum atomic E-state index is -0.395. The number of benzene rings is 2. The number of hydrogen-bond acceptors (Lipinski definition) is 5. The number of amides is 2. The molecule has 1 aromatic heterocycles. The van der Waals surface area contributed by atoms with Gasteiger partial charge < -0.3 is 14.6 Å². The SMILES string of the molecule is CC(=O)N(CC(=O)Nc1cc(C)on1)c1ccccc1Oc1ccccc1. The Labute approximate surface area is 156 Å². The Morgan fingerprint density at radius 3 is 2.48 bits per heavy atom. The molecule has 27 heavy (non-hydrogen) atoms. The van der Waals surface area contributed by atoms with E-state index in [4.69, 9.17) is 9.26 Å². The predicted molar refractivity (Wildman–Crippen MR) is 101 cm³/mol. The van der Waals surface area contributed by atoms with Crippen LogP contribution in [0, 0.1) is 6.92 Å². The summed E-state index contributed by atoms with van der Waals surface area (Å²) < 4.78 is 10.8. The maximum Gasteiger partial charge on any atom is 0.245 e. The van der Waals surface area contributed by atoms with Gasteiger partial charge in [-0.3, -0.25) is 14.5 Å². The van der Waals surface area contributed by atoms with Gasteiger partial charge in [-0.1, -0.05) is 35.5 Å². The van der Waals surface area contributed by atoms with Gasteiger partial charge in [0.25, 0.3) is 0 Å². The molecule has 1 N–H and O–H groups in total. The maximum absolute atomic E-state index is 12.4. The Kier molecular flexibility index (Phi) is 5.51. The monoisotopic (exact) mass is 365 g/mol. The molecule has 0 radical (unpaired) electrons. The van der Waals surface area contributed by atoms with Crippen LogP contribution in [0.1, 0.15) is 12.7 Å². The molecule has 3 aromatic rings. The van der Waals surface area contributed by atoms with E-state index < -0.39 is 5.91 Å². The molecule has 138 valence electrons. The van der Waals surface area contributed by atoms with Crippen molar-refractivity contribution in [2.45, 2.75) is 13.8 Å². The van der Waals surface area contributed by atoms with Gasteiger partial charge in [-0.05, 0) is 31.2 Å². The third kappa shape index (κ3) is 4.72. The molecule has 0 saturated carbocycles. The quantitative estimate of drug-likeness (QED) is 0.719. The van der Waals surface area contributed by atoms with Crippen LogP contribution in [-0.4, -0.2) is 23.5 Å². The Balaban J connectivity index is 1.80. The Morgan fingerprint density at radius 1 is 1.11 bits per heavy atom. The lowest BCUT2D eigenvalue weighted by molar-refractivity contribution is -0.120. The van der Waals surface area contributed by atoms with E-state index in [1.54, 1.807) is 37.3 Å². The normalized spacial score (nSPS) is 10.3. The molecule has 0 unspecified atom stereocenters. The second kappa shape index (κ2) is 8.18. The average Bonchev–Trinajstić information content (AvgIpc) is 3.06. The number of ether oxygens (including phenoxy) is 1. The summed E-state index contributed by atoms with van der Waals surface area (Å²) in [6.07, 6.45) is 0. The summed E-state index contributed by atoms with van der Waals surface area (Å²) in [5.74, 6) is 1.31. The van der Waals surface area contributed by atoms with E-state index in [0.29, 0.717) is 28.8 Å². The van der Waals surface area contributed by atoms with Crippen molar-refractivity contribution in [1.82, 2.24) is 5.16 Å². The molecular weight excluding hydrogens is 346 g/mol. The van der Waals surface area contributed by atoms with Crippen LogP contribution >= 0.6 is 0 Å². The van der Waals surface area contributed by atoms with Crippen molar-refractivity contribution >= 4 is 23.3 Å². The molecule has 0 atom stereocenters. The molecule has 0 spiro atoms. The van der Waals surface area contributed by atoms with Crippen LogP contribution in [0.25, 0.3) is 0 Å². The van der Waals surface area contributed by atoms with Crippen LogP contribution in [-0.2, 0) is 9.59 Å². The molecular formula is C20H19N3O4. The van der Waals surface area contributed by atoms with Crippen molar-refractivity contribution in [3.05, 3.63) is 66.4 Å². The van der Waals surface area contributed by atoms with Gasteiger partial charge in [0.1, 0.15) is 18.1 Å². The number of nitrogens with one attached hydrogen (secondary N) is 1. The van der Waals surface area contributed by atoms with Gasteiger partial charge in [0.05, 0.1) is 5.69 Å².